The van der Waals surface area contributed by atoms with E-state index in [0.717, 1.165) is 18.7 Å². The lowest BCUT2D eigenvalue weighted by atomic mass is 10.3. The molecule has 0 aliphatic rings. The van der Waals surface area contributed by atoms with Gasteiger partial charge in [-0.3, -0.25) is 5.10 Å². The average molecular weight is 182 g/mol. The molecule has 64 valence electrons. The molecular weight excluding hydrogens is 172 g/mol. The zero-order valence-electron chi connectivity index (χ0n) is 6.87. The highest BCUT2D eigenvalue weighted by atomic mass is 32.2. The summed E-state index contributed by atoms with van der Waals surface area (Å²) in [4.78, 5) is 4.18. The van der Waals surface area contributed by atoms with Gasteiger partial charge in [-0.2, -0.15) is 5.26 Å². The second-order valence-corrected chi connectivity index (χ2v) is 3.20. The Hall–Kier alpha value is -1.02. The summed E-state index contributed by atoms with van der Waals surface area (Å²) in [6.45, 7) is 2.09. The summed E-state index contributed by atoms with van der Waals surface area (Å²) in [6.07, 6.45) is 1.97. The summed E-state index contributed by atoms with van der Waals surface area (Å²) in [5, 5.41) is 15.7. The van der Waals surface area contributed by atoms with Crippen LogP contribution in [0.15, 0.2) is 5.16 Å². The van der Waals surface area contributed by atoms with Gasteiger partial charge in [0.05, 0.1) is 11.8 Å². The lowest BCUT2D eigenvalue weighted by molar-refractivity contribution is 0.840. The van der Waals surface area contributed by atoms with Gasteiger partial charge in [-0.1, -0.05) is 18.7 Å². The maximum Gasteiger partial charge on any atom is 0.209 e. The second-order valence-electron chi connectivity index (χ2n) is 2.26. The summed E-state index contributed by atoms with van der Waals surface area (Å²) < 4.78 is 0. The van der Waals surface area contributed by atoms with Crippen molar-refractivity contribution < 1.29 is 0 Å². The average Bonchev–Trinajstić information content (AvgIpc) is 2.50. The summed E-state index contributed by atoms with van der Waals surface area (Å²) in [5.74, 6) is 1.31. The van der Waals surface area contributed by atoms with Gasteiger partial charge in [0.2, 0.25) is 5.16 Å². The molecule has 0 saturated heterocycles. The third-order valence-electron chi connectivity index (χ3n) is 1.26. The van der Waals surface area contributed by atoms with Crippen molar-refractivity contribution in [1.29, 1.82) is 5.26 Å². The molecule has 0 saturated carbocycles. The van der Waals surface area contributed by atoms with Crippen molar-refractivity contribution in [3.05, 3.63) is 5.82 Å². The summed E-state index contributed by atoms with van der Waals surface area (Å²) in [5.41, 5.74) is 0. The lowest BCUT2D eigenvalue weighted by Crippen LogP contribution is -1.84. The fourth-order valence-corrected chi connectivity index (χ4v) is 1.27. The number of nitrogens with zero attached hydrogens (tertiary/aromatic N) is 3. The highest BCUT2D eigenvalue weighted by molar-refractivity contribution is 7.99. The minimum Gasteiger partial charge on any atom is -0.262 e. The Kier molecular flexibility index (Phi) is 3.61. The van der Waals surface area contributed by atoms with Gasteiger partial charge in [-0.25, -0.2) is 4.98 Å². The zero-order chi connectivity index (χ0) is 8.81. The van der Waals surface area contributed by atoms with Crippen LogP contribution < -0.4 is 0 Å². The van der Waals surface area contributed by atoms with E-state index in [1.807, 2.05) is 6.07 Å². The molecular formula is C7H10N4S. The standard InChI is InChI=1S/C7H10N4S/c1-2-3-6-9-7(11-10-6)12-5-4-8/h2-3,5H2,1H3,(H,9,10,11). The van der Waals surface area contributed by atoms with Crippen LogP contribution >= 0.6 is 11.8 Å². The Bertz CT molecular complexity index is 275. The molecule has 0 fully saturated rings. The molecule has 0 aliphatic heterocycles. The smallest absolute Gasteiger partial charge is 0.209 e. The van der Waals surface area contributed by atoms with E-state index in [4.69, 9.17) is 5.26 Å². The summed E-state index contributed by atoms with van der Waals surface area (Å²) >= 11 is 1.35. The summed E-state index contributed by atoms with van der Waals surface area (Å²) in [7, 11) is 0. The Morgan fingerprint density at radius 3 is 3.17 bits per heavy atom. The Morgan fingerprint density at radius 1 is 1.67 bits per heavy atom. The van der Waals surface area contributed by atoms with E-state index in [0.29, 0.717) is 10.9 Å². The Balaban J connectivity index is 2.47. The van der Waals surface area contributed by atoms with Crippen LogP contribution in [0.4, 0.5) is 0 Å². The van der Waals surface area contributed by atoms with Gasteiger partial charge in [0, 0.05) is 6.42 Å². The van der Waals surface area contributed by atoms with Gasteiger partial charge < -0.3 is 0 Å². The van der Waals surface area contributed by atoms with E-state index in [2.05, 4.69) is 22.1 Å². The van der Waals surface area contributed by atoms with Crippen molar-refractivity contribution in [2.45, 2.75) is 24.9 Å². The molecule has 1 N–H and O–H groups in total. The van der Waals surface area contributed by atoms with E-state index in [1.54, 1.807) is 0 Å². The van der Waals surface area contributed by atoms with Crippen LogP contribution in [0.25, 0.3) is 0 Å². The number of aryl methyl sites for hydroxylation is 1. The third-order valence-corrected chi connectivity index (χ3v) is 1.98. The lowest BCUT2D eigenvalue weighted by Gasteiger charge is -1.86. The number of thioether (sulfide) groups is 1. The number of H-pyrrole nitrogens is 1. The monoisotopic (exact) mass is 182 g/mol. The number of aromatic nitrogens is 3. The van der Waals surface area contributed by atoms with Crippen LogP contribution in [0.3, 0.4) is 0 Å². The molecule has 0 aliphatic carbocycles. The number of hydrogen-bond donors (Lipinski definition) is 1. The van der Waals surface area contributed by atoms with E-state index in [-0.39, 0.29) is 0 Å². The van der Waals surface area contributed by atoms with Crippen LogP contribution in [0, 0.1) is 11.3 Å². The van der Waals surface area contributed by atoms with Crippen molar-refractivity contribution in [2.75, 3.05) is 5.75 Å². The molecule has 4 nitrogen and oxygen atoms in total. The van der Waals surface area contributed by atoms with Crippen LogP contribution in [0.1, 0.15) is 19.2 Å². The SMILES string of the molecule is CCCc1nc(SCC#N)n[nH]1. The summed E-state index contributed by atoms with van der Waals surface area (Å²) in [6, 6.07) is 2.03. The van der Waals surface area contributed by atoms with Crippen LogP contribution in [-0.4, -0.2) is 20.9 Å². The Morgan fingerprint density at radius 2 is 2.50 bits per heavy atom. The van der Waals surface area contributed by atoms with Crippen molar-refractivity contribution in [3.8, 4) is 6.07 Å². The first kappa shape index (κ1) is 9.07. The molecule has 1 rings (SSSR count). The third kappa shape index (κ3) is 2.55. The van der Waals surface area contributed by atoms with Crippen LogP contribution in [0.2, 0.25) is 0 Å². The Labute approximate surface area is 75.4 Å². The molecule has 0 bridgehead atoms. The molecule has 0 radical (unpaired) electrons. The molecule has 0 unspecified atom stereocenters. The highest BCUT2D eigenvalue weighted by Crippen LogP contribution is 2.11. The topological polar surface area (TPSA) is 65.4 Å². The molecule has 0 spiro atoms. The van der Waals surface area contributed by atoms with Gasteiger partial charge >= 0.3 is 0 Å². The van der Waals surface area contributed by atoms with Gasteiger partial charge in [-0.05, 0) is 6.42 Å². The first-order chi connectivity index (χ1) is 5.86. The largest absolute Gasteiger partial charge is 0.262 e. The predicted octanol–water partition coefficient (Wildman–Crippen LogP) is 1.37. The van der Waals surface area contributed by atoms with E-state index in [1.165, 1.54) is 11.8 Å². The van der Waals surface area contributed by atoms with Gasteiger partial charge in [0.25, 0.3) is 0 Å². The number of hydrogen-bond acceptors (Lipinski definition) is 4. The quantitative estimate of drug-likeness (QED) is 0.714. The van der Waals surface area contributed by atoms with Crippen LogP contribution in [-0.2, 0) is 6.42 Å². The maximum absolute atomic E-state index is 8.30. The van der Waals surface area contributed by atoms with Crippen molar-refractivity contribution >= 4 is 11.8 Å². The molecule has 5 heteroatoms. The molecule has 0 atom stereocenters. The van der Waals surface area contributed by atoms with Crippen molar-refractivity contribution in [2.24, 2.45) is 0 Å². The number of nitrogens with one attached hydrogen (secondary N) is 1. The molecule has 12 heavy (non-hydrogen) atoms. The van der Waals surface area contributed by atoms with E-state index < -0.39 is 0 Å². The molecule has 0 aromatic carbocycles. The molecule has 1 heterocycles. The number of aromatic amines is 1. The highest BCUT2D eigenvalue weighted by Gasteiger charge is 2.01. The molecule has 1 aromatic rings. The van der Waals surface area contributed by atoms with Crippen molar-refractivity contribution in [3.63, 3.8) is 0 Å². The minimum atomic E-state index is 0.406. The fourth-order valence-electron chi connectivity index (χ4n) is 0.788. The minimum absolute atomic E-state index is 0.406. The molecule has 1 aromatic heterocycles. The zero-order valence-corrected chi connectivity index (χ0v) is 7.69. The van der Waals surface area contributed by atoms with E-state index >= 15 is 0 Å². The number of rotatable bonds is 4. The first-order valence-corrected chi connectivity index (χ1v) is 4.76. The van der Waals surface area contributed by atoms with E-state index in [9.17, 15) is 0 Å². The number of nitriles is 1. The fraction of sp³-hybridized carbons (Fsp3) is 0.571. The second kappa shape index (κ2) is 4.78. The van der Waals surface area contributed by atoms with Gasteiger partial charge in [0.1, 0.15) is 5.82 Å². The van der Waals surface area contributed by atoms with Gasteiger partial charge in [-0.15, -0.1) is 5.10 Å². The molecule has 0 amide bonds. The predicted molar refractivity (Wildman–Crippen MR) is 46.7 cm³/mol. The normalized spacial score (nSPS) is 9.67. The first-order valence-electron chi connectivity index (χ1n) is 3.78. The van der Waals surface area contributed by atoms with Gasteiger partial charge in [0.15, 0.2) is 0 Å². The maximum atomic E-state index is 8.30. The van der Waals surface area contributed by atoms with Crippen molar-refractivity contribution in [1.82, 2.24) is 15.2 Å². The van der Waals surface area contributed by atoms with Crippen LogP contribution in [0.5, 0.6) is 0 Å².